The summed E-state index contributed by atoms with van der Waals surface area (Å²) in [7, 11) is 1.51. The number of rotatable bonds is 4. The van der Waals surface area contributed by atoms with Crippen molar-refractivity contribution in [2.24, 2.45) is 0 Å². The first-order chi connectivity index (χ1) is 10.7. The van der Waals surface area contributed by atoms with Crippen molar-refractivity contribution < 1.29 is 13.9 Å². The molecule has 22 heavy (non-hydrogen) atoms. The molecule has 3 nitrogen and oxygen atoms in total. The molecule has 1 aliphatic heterocycles. The maximum absolute atomic E-state index is 13.3. The Kier molecular flexibility index (Phi) is 3.84. The summed E-state index contributed by atoms with van der Waals surface area (Å²) in [4.78, 5) is 14.5. The van der Waals surface area contributed by atoms with Crippen molar-refractivity contribution >= 4 is 5.91 Å². The van der Waals surface area contributed by atoms with Crippen LogP contribution in [0, 0.1) is 5.82 Å². The van der Waals surface area contributed by atoms with Crippen LogP contribution in [0.2, 0.25) is 0 Å². The van der Waals surface area contributed by atoms with Gasteiger partial charge in [0.15, 0.2) is 0 Å². The van der Waals surface area contributed by atoms with E-state index in [-0.39, 0.29) is 17.8 Å². The largest absolute Gasteiger partial charge is 0.496 e. The van der Waals surface area contributed by atoms with Crippen LogP contribution in [0.1, 0.15) is 40.9 Å². The molecule has 3 rings (SSSR count). The van der Waals surface area contributed by atoms with E-state index in [2.05, 4.69) is 6.92 Å². The van der Waals surface area contributed by atoms with Gasteiger partial charge >= 0.3 is 0 Å². The number of hydrogen-bond acceptors (Lipinski definition) is 2. The minimum absolute atomic E-state index is 0.0221. The van der Waals surface area contributed by atoms with E-state index >= 15 is 0 Å². The Balaban J connectivity index is 1.95. The summed E-state index contributed by atoms with van der Waals surface area (Å²) in [6, 6.07) is 12.2. The van der Waals surface area contributed by atoms with E-state index in [0.717, 1.165) is 23.1 Å². The van der Waals surface area contributed by atoms with Crippen molar-refractivity contribution in [2.75, 3.05) is 7.11 Å². The zero-order valence-electron chi connectivity index (χ0n) is 12.7. The third-order valence-electron chi connectivity index (χ3n) is 4.16. The Morgan fingerprint density at radius 1 is 1.23 bits per heavy atom. The highest BCUT2D eigenvalue weighted by Gasteiger charge is 2.35. The summed E-state index contributed by atoms with van der Waals surface area (Å²) in [6.45, 7) is 2.48. The number of halogens is 1. The molecule has 1 heterocycles. The van der Waals surface area contributed by atoms with Gasteiger partial charge in [-0.25, -0.2) is 4.39 Å². The predicted molar refractivity (Wildman–Crippen MR) is 82.3 cm³/mol. The molecule has 1 atom stereocenters. The third kappa shape index (κ3) is 2.34. The van der Waals surface area contributed by atoms with Gasteiger partial charge in [0.25, 0.3) is 5.91 Å². The van der Waals surface area contributed by atoms with Crippen LogP contribution in [0.15, 0.2) is 42.5 Å². The molecule has 114 valence electrons. The van der Waals surface area contributed by atoms with E-state index in [1.165, 1.54) is 19.2 Å². The number of amides is 1. The van der Waals surface area contributed by atoms with Crippen LogP contribution in [-0.2, 0) is 6.54 Å². The average molecular weight is 299 g/mol. The van der Waals surface area contributed by atoms with E-state index in [9.17, 15) is 9.18 Å². The van der Waals surface area contributed by atoms with Crippen LogP contribution in [-0.4, -0.2) is 17.9 Å². The Morgan fingerprint density at radius 2 is 2.00 bits per heavy atom. The molecule has 0 fully saturated rings. The van der Waals surface area contributed by atoms with Gasteiger partial charge < -0.3 is 9.64 Å². The lowest BCUT2D eigenvalue weighted by atomic mass is 10.0. The summed E-state index contributed by atoms with van der Waals surface area (Å²) in [5, 5.41) is 0. The predicted octanol–water partition coefficient (Wildman–Crippen LogP) is 3.94. The van der Waals surface area contributed by atoms with E-state index in [1.807, 2.05) is 29.2 Å². The van der Waals surface area contributed by atoms with Gasteiger partial charge in [-0.2, -0.15) is 0 Å². The second-order valence-corrected chi connectivity index (χ2v) is 5.40. The van der Waals surface area contributed by atoms with Gasteiger partial charge in [-0.1, -0.05) is 31.2 Å². The molecule has 1 aliphatic rings. The molecule has 0 saturated heterocycles. The molecule has 0 aliphatic carbocycles. The van der Waals surface area contributed by atoms with Gasteiger partial charge in [0.1, 0.15) is 11.6 Å². The quantitative estimate of drug-likeness (QED) is 0.855. The van der Waals surface area contributed by atoms with Crippen LogP contribution in [0.25, 0.3) is 0 Å². The van der Waals surface area contributed by atoms with Gasteiger partial charge in [-0.15, -0.1) is 0 Å². The van der Waals surface area contributed by atoms with Crippen LogP contribution >= 0.6 is 0 Å². The van der Waals surface area contributed by atoms with Crippen LogP contribution in [0.3, 0.4) is 0 Å². The van der Waals surface area contributed by atoms with Gasteiger partial charge in [0.2, 0.25) is 0 Å². The van der Waals surface area contributed by atoms with Crippen molar-refractivity contribution in [3.05, 3.63) is 65.0 Å². The standard InChI is InChI=1S/C18H18FNO2/c1-3-16-14-6-4-5-7-15(14)18(21)20(16)11-12-8-9-13(19)10-17(12)22-2/h4-10,16H,3,11H2,1-2H3. The summed E-state index contributed by atoms with van der Waals surface area (Å²) in [5.41, 5.74) is 2.63. The van der Waals surface area contributed by atoms with Crippen LogP contribution < -0.4 is 4.74 Å². The van der Waals surface area contributed by atoms with Crippen molar-refractivity contribution in [3.63, 3.8) is 0 Å². The number of methoxy groups -OCH3 is 1. The number of hydrogen-bond donors (Lipinski definition) is 0. The lowest BCUT2D eigenvalue weighted by molar-refractivity contribution is 0.0704. The highest BCUT2D eigenvalue weighted by Crippen LogP contribution is 2.37. The van der Waals surface area contributed by atoms with Crippen molar-refractivity contribution in [2.45, 2.75) is 25.9 Å². The molecular formula is C18H18FNO2. The minimum atomic E-state index is -0.344. The first-order valence-electron chi connectivity index (χ1n) is 7.38. The Labute approximate surface area is 129 Å². The van der Waals surface area contributed by atoms with Crippen molar-refractivity contribution in [1.82, 2.24) is 4.90 Å². The molecule has 0 radical (unpaired) electrons. The van der Waals surface area contributed by atoms with Crippen molar-refractivity contribution in [1.29, 1.82) is 0 Å². The number of nitrogens with zero attached hydrogens (tertiary/aromatic N) is 1. The number of ether oxygens (including phenoxy) is 1. The fourth-order valence-electron chi connectivity index (χ4n) is 3.10. The molecule has 0 aromatic heterocycles. The first kappa shape index (κ1) is 14.6. The van der Waals surface area contributed by atoms with Gasteiger partial charge in [-0.05, 0) is 24.1 Å². The molecule has 0 N–H and O–H groups in total. The molecule has 4 heteroatoms. The molecule has 2 aromatic rings. The molecule has 0 spiro atoms. The topological polar surface area (TPSA) is 29.5 Å². The fourth-order valence-corrected chi connectivity index (χ4v) is 3.10. The average Bonchev–Trinajstić information content (AvgIpc) is 2.81. The molecule has 0 saturated carbocycles. The van der Waals surface area contributed by atoms with Crippen LogP contribution in [0.5, 0.6) is 5.75 Å². The van der Waals surface area contributed by atoms with Gasteiger partial charge in [0, 0.05) is 17.2 Å². The highest BCUT2D eigenvalue weighted by atomic mass is 19.1. The lowest BCUT2D eigenvalue weighted by Crippen LogP contribution is -2.27. The Morgan fingerprint density at radius 3 is 2.73 bits per heavy atom. The van der Waals surface area contributed by atoms with Crippen LogP contribution in [0.4, 0.5) is 4.39 Å². The molecular weight excluding hydrogens is 281 g/mol. The second kappa shape index (κ2) is 5.79. The van der Waals surface area contributed by atoms with Gasteiger partial charge in [0.05, 0.1) is 19.7 Å². The summed E-state index contributed by atoms with van der Waals surface area (Å²) in [6.07, 6.45) is 0.840. The minimum Gasteiger partial charge on any atom is -0.496 e. The number of fused-ring (bicyclic) bond motifs is 1. The van der Waals surface area contributed by atoms with E-state index < -0.39 is 0 Å². The molecule has 1 unspecified atom stereocenters. The van der Waals surface area contributed by atoms with Crippen molar-refractivity contribution in [3.8, 4) is 5.75 Å². The SMILES string of the molecule is CCC1c2ccccc2C(=O)N1Cc1ccc(F)cc1OC. The lowest BCUT2D eigenvalue weighted by Gasteiger charge is -2.25. The Bertz CT molecular complexity index is 714. The molecule has 0 bridgehead atoms. The summed E-state index contributed by atoms with van der Waals surface area (Å²) in [5.74, 6) is 0.149. The zero-order chi connectivity index (χ0) is 15.7. The number of benzene rings is 2. The number of carbonyl (C=O) groups is 1. The molecule has 1 amide bonds. The maximum atomic E-state index is 13.3. The fraction of sp³-hybridized carbons (Fsp3) is 0.278. The normalized spacial score (nSPS) is 16.8. The zero-order valence-corrected chi connectivity index (χ0v) is 12.7. The van der Waals surface area contributed by atoms with Gasteiger partial charge in [-0.3, -0.25) is 4.79 Å². The highest BCUT2D eigenvalue weighted by molar-refractivity contribution is 5.99. The second-order valence-electron chi connectivity index (χ2n) is 5.40. The monoisotopic (exact) mass is 299 g/mol. The molecule has 2 aromatic carbocycles. The third-order valence-corrected chi connectivity index (χ3v) is 4.16. The Hall–Kier alpha value is -2.36. The van der Waals surface area contributed by atoms with E-state index in [0.29, 0.717) is 12.3 Å². The smallest absolute Gasteiger partial charge is 0.255 e. The van der Waals surface area contributed by atoms with E-state index in [4.69, 9.17) is 4.74 Å². The summed E-state index contributed by atoms with van der Waals surface area (Å²) < 4.78 is 18.6. The first-order valence-corrected chi connectivity index (χ1v) is 7.38. The summed E-state index contributed by atoms with van der Waals surface area (Å²) >= 11 is 0. The van der Waals surface area contributed by atoms with E-state index in [1.54, 1.807) is 6.07 Å². The number of carbonyl (C=O) groups excluding carboxylic acids is 1. The maximum Gasteiger partial charge on any atom is 0.255 e.